The molecule has 1 aliphatic carbocycles. The molecule has 1 aromatic rings. The van der Waals surface area contributed by atoms with Gasteiger partial charge in [0.05, 0.1) is 12.1 Å². The highest BCUT2D eigenvalue weighted by Gasteiger charge is 2.28. The van der Waals surface area contributed by atoms with Crippen molar-refractivity contribution in [2.24, 2.45) is 28.5 Å². The van der Waals surface area contributed by atoms with Crippen LogP contribution in [-0.4, -0.2) is 66.9 Å². The van der Waals surface area contributed by atoms with Crippen molar-refractivity contribution in [3.63, 3.8) is 0 Å². The van der Waals surface area contributed by atoms with Crippen molar-refractivity contribution in [3.05, 3.63) is 22.6 Å². The largest absolute Gasteiger partial charge is 0.385 e. The number of hydrogen-bond donors (Lipinski definition) is 4. The molecule has 212 valence electrons. The first-order chi connectivity index (χ1) is 18.2. The third kappa shape index (κ3) is 7.96. The molecule has 38 heavy (non-hydrogen) atoms. The Morgan fingerprint density at radius 2 is 1.79 bits per heavy atom. The lowest BCUT2D eigenvalue weighted by Crippen LogP contribution is -2.44. The maximum atomic E-state index is 13.3. The minimum atomic E-state index is -0.132. The third-order valence-corrected chi connectivity index (χ3v) is 7.71. The maximum Gasteiger partial charge on any atom is 0.276 e. The zero-order valence-corrected chi connectivity index (χ0v) is 23.5. The van der Waals surface area contributed by atoms with Crippen LogP contribution in [0.4, 0.5) is 11.6 Å². The number of carbonyl (C=O) groups excluding carboxylic acids is 1. The summed E-state index contributed by atoms with van der Waals surface area (Å²) in [6, 6.07) is 0. The van der Waals surface area contributed by atoms with Gasteiger partial charge in [-0.1, -0.05) is 39.2 Å². The van der Waals surface area contributed by atoms with Crippen molar-refractivity contribution >= 4 is 29.0 Å². The van der Waals surface area contributed by atoms with E-state index in [0.29, 0.717) is 42.3 Å². The molecular weight excluding hydrogens is 482 g/mol. The van der Waals surface area contributed by atoms with E-state index in [9.17, 15) is 9.59 Å². The number of hydrazine groups is 1. The predicted molar refractivity (Wildman–Crippen MR) is 155 cm³/mol. The van der Waals surface area contributed by atoms with Gasteiger partial charge in [0.2, 0.25) is 11.9 Å². The van der Waals surface area contributed by atoms with E-state index < -0.39 is 0 Å². The fourth-order valence-corrected chi connectivity index (χ4v) is 5.68. The lowest BCUT2D eigenvalue weighted by atomic mass is 9.88. The van der Waals surface area contributed by atoms with E-state index >= 15 is 0 Å². The third-order valence-electron chi connectivity index (χ3n) is 7.71. The van der Waals surface area contributed by atoms with E-state index in [4.69, 9.17) is 16.6 Å². The smallest absolute Gasteiger partial charge is 0.276 e. The molecule has 0 aromatic carbocycles. The van der Waals surface area contributed by atoms with E-state index in [2.05, 4.69) is 34.0 Å². The zero-order valence-electron chi connectivity index (χ0n) is 23.5. The number of allylic oxidation sites excluding steroid dienone is 1. The van der Waals surface area contributed by atoms with Crippen LogP contribution in [0, 0.1) is 11.8 Å². The Morgan fingerprint density at radius 1 is 1.16 bits per heavy atom. The number of carbonyl (C=O) groups is 1. The summed E-state index contributed by atoms with van der Waals surface area (Å²) in [6.07, 6.45) is 9.78. The van der Waals surface area contributed by atoms with E-state index in [1.165, 1.54) is 32.1 Å². The van der Waals surface area contributed by atoms with Gasteiger partial charge in [0.15, 0.2) is 0 Å². The average molecular weight is 530 g/mol. The van der Waals surface area contributed by atoms with Gasteiger partial charge in [-0.2, -0.15) is 5.10 Å². The topological polar surface area (TPSA) is 149 Å². The molecule has 0 radical (unpaired) electrons. The number of aromatic amines is 1. The standard InChI is InChI=1S/C27H47N9O2/c1-5-9-19(2)24-25(34(3)4)26(38)31-27(30-24)36(17-20-10-7-6-8-11-20)18-21-12-14-35(15-13-21)23(37)16-22(28)32-33-29/h20-21,33H,2,5-18,29H2,1,3-4H3,(H2,28,32)(H,30,31,38). The highest BCUT2D eigenvalue weighted by Crippen LogP contribution is 2.29. The molecule has 1 aromatic heterocycles. The second kappa shape index (κ2) is 14.2. The highest BCUT2D eigenvalue weighted by atomic mass is 16.2. The van der Waals surface area contributed by atoms with Crippen LogP contribution in [0.15, 0.2) is 16.5 Å². The van der Waals surface area contributed by atoms with Crippen molar-refractivity contribution in [2.45, 2.75) is 71.1 Å². The minimum absolute atomic E-state index is 0.0386. The summed E-state index contributed by atoms with van der Waals surface area (Å²) in [7, 11) is 3.74. The average Bonchev–Trinajstić information content (AvgIpc) is 2.88. The number of nitrogens with one attached hydrogen (secondary N) is 2. The van der Waals surface area contributed by atoms with Crippen LogP contribution in [0.25, 0.3) is 5.57 Å². The summed E-state index contributed by atoms with van der Waals surface area (Å²) in [4.78, 5) is 40.0. The molecule has 11 nitrogen and oxygen atoms in total. The second-order valence-electron chi connectivity index (χ2n) is 11.0. The van der Waals surface area contributed by atoms with Gasteiger partial charge >= 0.3 is 0 Å². The molecule has 0 atom stereocenters. The number of hydrazone groups is 1. The van der Waals surface area contributed by atoms with Crippen molar-refractivity contribution < 1.29 is 4.79 Å². The Labute approximate surface area is 226 Å². The number of amidine groups is 1. The van der Waals surface area contributed by atoms with Crippen molar-refractivity contribution in [1.82, 2.24) is 20.4 Å². The molecule has 2 heterocycles. The first-order valence-electron chi connectivity index (χ1n) is 14.0. The summed E-state index contributed by atoms with van der Waals surface area (Å²) in [5.74, 6) is 6.90. The fourth-order valence-electron chi connectivity index (χ4n) is 5.68. The van der Waals surface area contributed by atoms with Crippen LogP contribution in [0.1, 0.15) is 76.8 Å². The van der Waals surface area contributed by atoms with Gasteiger partial charge in [-0.05, 0) is 49.5 Å². The van der Waals surface area contributed by atoms with Crippen LogP contribution in [0.3, 0.4) is 0 Å². The van der Waals surface area contributed by atoms with Gasteiger partial charge in [-0.3, -0.25) is 14.6 Å². The molecule has 2 fully saturated rings. The summed E-state index contributed by atoms with van der Waals surface area (Å²) >= 11 is 0. The Hall–Kier alpha value is -3.08. The monoisotopic (exact) mass is 529 g/mol. The normalized spacial score (nSPS) is 17.4. The fraction of sp³-hybridized carbons (Fsp3) is 0.704. The zero-order chi connectivity index (χ0) is 27.7. The highest BCUT2D eigenvalue weighted by molar-refractivity contribution is 5.98. The van der Waals surface area contributed by atoms with Gasteiger partial charge < -0.3 is 20.4 Å². The number of H-pyrrole nitrogens is 1. The minimum Gasteiger partial charge on any atom is -0.385 e. The van der Waals surface area contributed by atoms with Crippen LogP contribution in [0.5, 0.6) is 0 Å². The van der Waals surface area contributed by atoms with Gasteiger partial charge in [0, 0.05) is 40.3 Å². The molecule has 1 amide bonds. The summed E-state index contributed by atoms with van der Waals surface area (Å²) in [5.41, 5.74) is 9.88. The van der Waals surface area contributed by atoms with Gasteiger partial charge in [0.1, 0.15) is 11.5 Å². The molecule has 0 spiro atoms. The lowest BCUT2D eigenvalue weighted by molar-refractivity contribution is -0.131. The first kappa shape index (κ1) is 29.5. The SMILES string of the molecule is C=C(CCC)c1nc(N(CC2CCCCC2)CC2CCN(C(=O)C/C(N)=N/NN)CC2)[nH]c(=O)c1N(C)C. The molecule has 11 heteroatoms. The van der Waals surface area contributed by atoms with Crippen LogP contribution in [-0.2, 0) is 4.79 Å². The summed E-state index contributed by atoms with van der Waals surface area (Å²) in [6.45, 7) is 9.39. The Kier molecular flexibility index (Phi) is 11.0. The van der Waals surface area contributed by atoms with Gasteiger partial charge in [0.25, 0.3) is 5.56 Å². The number of rotatable bonds is 12. The number of piperidine rings is 1. The number of aromatic nitrogens is 2. The summed E-state index contributed by atoms with van der Waals surface area (Å²) in [5, 5.41) is 3.68. The van der Waals surface area contributed by atoms with Gasteiger partial charge in [-0.25, -0.2) is 16.4 Å². The molecule has 3 rings (SSSR count). The van der Waals surface area contributed by atoms with Crippen molar-refractivity contribution in [3.8, 4) is 0 Å². The predicted octanol–water partition coefficient (Wildman–Crippen LogP) is 2.40. The van der Waals surface area contributed by atoms with E-state index in [1.54, 1.807) is 0 Å². The Balaban J connectivity index is 1.80. The first-order valence-corrected chi connectivity index (χ1v) is 14.0. The number of anilines is 2. The van der Waals surface area contributed by atoms with E-state index in [-0.39, 0.29) is 23.7 Å². The van der Waals surface area contributed by atoms with E-state index in [1.807, 2.05) is 23.9 Å². The number of nitrogens with two attached hydrogens (primary N) is 2. The molecule has 0 bridgehead atoms. The molecule has 1 saturated heterocycles. The quantitative estimate of drug-likeness (QED) is 0.140. The molecular formula is C27H47N9O2. The van der Waals surface area contributed by atoms with Crippen molar-refractivity contribution in [2.75, 3.05) is 50.1 Å². The van der Waals surface area contributed by atoms with Crippen molar-refractivity contribution in [1.29, 1.82) is 0 Å². The molecule has 1 aliphatic heterocycles. The van der Waals surface area contributed by atoms with E-state index in [0.717, 1.165) is 44.3 Å². The van der Waals surface area contributed by atoms with Crippen LogP contribution in [0.2, 0.25) is 0 Å². The molecule has 6 N–H and O–H groups in total. The van der Waals surface area contributed by atoms with Crippen LogP contribution < -0.4 is 32.5 Å². The number of nitrogens with zero attached hydrogens (tertiary/aromatic N) is 5. The summed E-state index contributed by atoms with van der Waals surface area (Å²) < 4.78 is 0. The number of amides is 1. The Bertz CT molecular complexity index is 1020. The number of hydrogen-bond acceptors (Lipinski definition) is 8. The molecule has 1 saturated carbocycles. The van der Waals surface area contributed by atoms with Gasteiger partial charge in [-0.15, -0.1) is 0 Å². The Morgan fingerprint density at radius 3 is 2.37 bits per heavy atom. The lowest BCUT2D eigenvalue weighted by Gasteiger charge is -2.37. The van der Waals surface area contributed by atoms with Crippen LogP contribution >= 0.6 is 0 Å². The molecule has 2 aliphatic rings. The second-order valence-corrected chi connectivity index (χ2v) is 11.0. The molecule has 0 unspecified atom stereocenters. The maximum absolute atomic E-state index is 13.3. The number of likely N-dealkylation sites (tertiary alicyclic amines) is 1.